The second-order valence-corrected chi connectivity index (χ2v) is 8.26. The fourth-order valence-corrected chi connectivity index (χ4v) is 4.53. The van der Waals surface area contributed by atoms with Crippen LogP contribution in [0.15, 0.2) is 53.1 Å². The molecule has 1 N–H and O–H groups in total. The van der Waals surface area contributed by atoms with Crippen molar-refractivity contribution in [1.82, 2.24) is 10.2 Å². The zero-order chi connectivity index (χ0) is 19.4. The Morgan fingerprint density at radius 2 is 1.96 bits per heavy atom. The monoisotopic (exact) mass is 382 g/mol. The molecule has 2 atom stereocenters. The summed E-state index contributed by atoms with van der Waals surface area (Å²) in [4.78, 5) is 14.6. The number of ether oxygens (including phenoxy) is 1. The van der Waals surface area contributed by atoms with E-state index in [1.807, 2.05) is 0 Å². The fraction of sp³-hybridized carbons (Fsp3) is 0.522. The van der Waals surface area contributed by atoms with Crippen molar-refractivity contribution < 1.29 is 13.9 Å². The Bertz CT molecular complexity index is 751. The summed E-state index contributed by atoms with van der Waals surface area (Å²) in [5.41, 5.74) is 1.42. The highest BCUT2D eigenvalue weighted by molar-refractivity contribution is 5.91. The number of nitrogens with one attached hydrogen (secondary N) is 1. The lowest BCUT2D eigenvalue weighted by Gasteiger charge is -2.40. The van der Waals surface area contributed by atoms with Crippen LogP contribution in [0.2, 0.25) is 0 Å². The van der Waals surface area contributed by atoms with E-state index in [-0.39, 0.29) is 17.6 Å². The van der Waals surface area contributed by atoms with Crippen molar-refractivity contribution in [3.05, 3.63) is 60.1 Å². The van der Waals surface area contributed by atoms with Crippen LogP contribution in [0.5, 0.6) is 0 Å². The number of benzene rings is 1. The molecule has 1 aromatic heterocycles. The molecule has 2 aliphatic heterocycles. The van der Waals surface area contributed by atoms with Gasteiger partial charge in [-0.2, -0.15) is 0 Å². The normalized spacial score (nSPS) is 23.0. The Morgan fingerprint density at radius 1 is 1.18 bits per heavy atom. The van der Waals surface area contributed by atoms with E-state index in [0.717, 1.165) is 45.3 Å². The maximum Gasteiger partial charge on any atom is 0.287 e. The van der Waals surface area contributed by atoms with E-state index in [1.165, 1.54) is 11.8 Å². The summed E-state index contributed by atoms with van der Waals surface area (Å²) >= 11 is 0. The number of carbonyl (C=O) groups excluding carboxylic acids is 1. The van der Waals surface area contributed by atoms with Gasteiger partial charge in [-0.15, -0.1) is 0 Å². The van der Waals surface area contributed by atoms with Crippen LogP contribution < -0.4 is 5.32 Å². The van der Waals surface area contributed by atoms with Crippen LogP contribution in [0, 0.1) is 0 Å². The molecular weight excluding hydrogens is 352 g/mol. The first-order valence-corrected chi connectivity index (χ1v) is 10.4. The highest BCUT2D eigenvalue weighted by Crippen LogP contribution is 2.39. The summed E-state index contributed by atoms with van der Waals surface area (Å²) in [6.45, 7) is 6.13. The third kappa shape index (κ3) is 4.47. The quantitative estimate of drug-likeness (QED) is 0.825. The largest absolute Gasteiger partial charge is 0.459 e. The van der Waals surface area contributed by atoms with E-state index in [2.05, 4.69) is 47.5 Å². The van der Waals surface area contributed by atoms with Crippen molar-refractivity contribution in [2.24, 2.45) is 0 Å². The minimum absolute atomic E-state index is 0.00651. The van der Waals surface area contributed by atoms with E-state index in [0.29, 0.717) is 18.2 Å². The minimum Gasteiger partial charge on any atom is -0.459 e. The lowest BCUT2D eigenvalue weighted by atomic mass is 9.88. The Kier molecular flexibility index (Phi) is 5.83. The standard InChI is InChI=1S/C23H30N2O3/c1-18(19-6-3-2-4-7-19)17-25-13-11-23(12-14-25)10-9-20(28-23)16-24-22(26)21-8-5-15-27-21/h2-8,15,18,20H,9-14,16-17H2,1H3,(H,24,26)/t18-,20+/m0/s1. The zero-order valence-electron chi connectivity index (χ0n) is 16.6. The van der Waals surface area contributed by atoms with Crippen molar-refractivity contribution in [3.8, 4) is 0 Å². The molecule has 2 saturated heterocycles. The number of piperidine rings is 1. The number of likely N-dealkylation sites (tertiary alicyclic amines) is 1. The number of rotatable bonds is 6. The van der Waals surface area contributed by atoms with E-state index in [9.17, 15) is 4.79 Å². The van der Waals surface area contributed by atoms with Gasteiger partial charge in [-0.25, -0.2) is 0 Å². The van der Waals surface area contributed by atoms with Gasteiger partial charge in [0.15, 0.2) is 5.76 Å². The van der Waals surface area contributed by atoms with Gasteiger partial charge >= 0.3 is 0 Å². The molecule has 4 rings (SSSR count). The molecular formula is C23H30N2O3. The van der Waals surface area contributed by atoms with Gasteiger partial charge in [0.25, 0.3) is 5.91 Å². The van der Waals surface area contributed by atoms with Gasteiger partial charge < -0.3 is 19.4 Å². The highest BCUT2D eigenvalue weighted by atomic mass is 16.5. The summed E-state index contributed by atoms with van der Waals surface area (Å²) in [5.74, 6) is 0.733. The number of amides is 1. The molecule has 5 heteroatoms. The van der Waals surface area contributed by atoms with Crippen molar-refractivity contribution >= 4 is 5.91 Å². The predicted molar refractivity (Wildman–Crippen MR) is 108 cm³/mol. The van der Waals surface area contributed by atoms with Gasteiger partial charge in [0.2, 0.25) is 0 Å². The highest BCUT2D eigenvalue weighted by Gasteiger charge is 2.42. The molecule has 3 heterocycles. The molecule has 2 aliphatic rings. The van der Waals surface area contributed by atoms with Crippen LogP contribution in [0.1, 0.15) is 54.6 Å². The Labute approximate surface area is 167 Å². The van der Waals surface area contributed by atoms with Crippen LogP contribution >= 0.6 is 0 Å². The predicted octanol–water partition coefficient (Wildman–Crippen LogP) is 3.83. The molecule has 1 aromatic carbocycles. The number of hydrogen-bond acceptors (Lipinski definition) is 4. The third-order valence-corrected chi connectivity index (χ3v) is 6.24. The zero-order valence-corrected chi connectivity index (χ0v) is 16.6. The molecule has 0 unspecified atom stereocenters. The molecule has 28 heavy (non-hydrogen) atoms. The molecule has 0 aliphatic carbocycles. The summed E-state index contributed by atoms with van der Waals surface area (Å²) in [6.07, 6.45) is 5.89. The first-order chi connectivity index (χ1) is 13.6. The number of carbonyl (C=O) groups is 1. The maximum absolute atomic E-state index is 12.0. The van der Waals surface area contributed by atoms with Gasteiger partial charge in [-0.1, -0.05) is 37.3 Å². The van der Waals surface area contributed by atoms with Gasteiger partial charge in [0.05, 0.1) is 18.0 Å². The van der Waals surface area contributed by atoms with Crippen LogP contribution in [0.3, 0.4) is 0 Å². The molecule has 1 amide bonds. The van der Waals surface area contributed by atoms with Crippen molar-refractivity contribution in [1.29, 1.82) is 0 Å². The van der Waals surface area contributed by atoms with Crippen molar-refractivity contribution in [3.63, 3.8) is 0 Å². The van der Waals surface area contributed by atoms with E-state index in [4.69, 9.17) is 9.15 Å². The minimum atomic E-state index is -0.167. The maximum atomic E-state index is 12.0. The molecule has 5 nitrogen and oxygen atoms in total. The van der Waals surface area contributed by atoms with Crippen LogP contribution in [-0.4, -0.2) is 48.7 Å². The average molecular weight is 383 g/mol. The Hall–Kier alpha value is -2.11. The lowest BCUT2D eigenvalue weighted by Crippen LogP contribution is -2.46. The van der Waals surface area contributed by atoms with Gasteiger partial charge in [0, 0.05) is 26.2 Å². The van der Waals surface area contributed by atoms with E-state index >= 15 is 0 Å². The van der Waals surface area contributed by atoms with Gasteiger partial charge in [-0.05, 0) is 49.3 Å². The fourth-order valence-electron chi connectivity index (χ4n) is 4.53. The van der Waals surface area contributed by atoms with Crippen LogP contribution in [0.4, 0.5) is 0 Å². The Morgan fingerprint density at radius 3 is 2.68 bits per heavy atom. The number of hydrogen-bond donors (Lipinski definition) is 1. The molecule has 0 bridgehead atoms. The summed E-state index contributed by atoms with van der Waals surface area (Å²) < 4.78 is 11.6. The van der Waals surface area contributed by atoms with E-state index < -0.39 is 0 Å². The first-order valence-electron chi connectivity index (χ1n) is 10.4. The average Bonchev–Trinajstić information content (AvgIpc) is 3.40. The van der Waals surface area contributed by atoms with Gasteiger partial charge in [0.1, 0.15) is 0 Å². The summed E-state index contributed by atoms with van der Waals surface area (Å²) in [6, 6.07) is 14.2. The topological polar surface area (TPSA) is 54.7 Å². The Balaban J connectivity index is 1.22. The molecule has 150 valence electrons. The first kappa shape index (κ1) is 19.2. The van der Waals surface area contributed by atoms with Crippen LogP contribution in [-0.2, 0) is 4.74 Å². The number of furan rings is 1. The SMILES string of the molecule is C[C@@H](CN1CCC2(CC[C@H](CNC(=O)c3ccco3)O2)CC1)c1ccccc1. The van der Waals surface area contributed by atoms with Crippen molar-refractivity contribution in [2.75, 3.05) is 26.2 Å². The molecule has 2 aromatic rings. The summed E-state index contributed by atoms with van der Waals surface area (Å²) in [5, 5.41) is 2.93. The smallest absolute Gasteiger partial charge is 0.287 e. The molecule has 2 fully saturated rings. The van der Waals surface area contributed by atoms with Crippen molar-refractivity contribution in [2.45, 2.75) is 50.2 Å². The third-order valence-electron chi connectivity index (χ3n) is 6.24. The molecule has 0 saturated carbocycles. The summed E-state index contributed by atoms with van der Waals surface area (Å²) in [7, 11) is 0. The molecule has 0 radical (unpaired) electrons. The van der Waals surface area contributed by atoms with Gasteiger partial charge in [-0.3, -0.25) is 4.79 Å². The molecule has 1 spiro atoms. The van der Waals surface area contributed by atoms with Crippen LogP contribution in [0.25, 0.3) is 0 Å². The second-order valence-electron chi connectivity index (χ2n) is 8.26. The van der Waals surface area contributed by atoms with E-state index in [1.54, 1.807) is 12.1 Å². The number of nitrogens with zero attached hydrogens (tertiary/aromatic N) is 1. The lowest BCUT2D eigenvalue weighted by molar-refractivity contribution is -0.0758. The second kappa shape index (κ2) is 8.50.